The second kappa shape index (κ2) is 13.8. The van der Waals surface area contributed by atoms with Gasteiger partial charge in [-0.1, -0.05) is 91.7 Å². The van der Waals surface area contributed by atoms with Crippen molar-refractivity contribution in [1.29, 1.82) is 0 Å². The van der Waals surface area contributed by atoms with E-state index in [2.05, 4.69) is 185 Å². The molecule has 6 heteroatoms. The van der Waals surface area contributed by atoms with Gasteiger partial charge in [0.25, 0.3) is 6.71 Å². The summed E-state index contributed by atoms with van der Waals surface area (Å²) >= 11 is 0. The van der Waals surface area contributed by atoms with Gasteiger partial charge in [0.1, 0.15) is 5.82 Å². The highest BCUT2D eigenvalue weighted by atomic mass is 15.2. The second-order valence-corrected chi connectivity index (χ2v) is 17.7. The van der Waals surface area contributed by atoms with Gasteiger partial charge in [0, 0.05) is 45.9 Å². The Morgan fingerprint density at radius 1 is 0.492 bits per heavy atom. The van der Waals surface area contributed by atoms with Gasteiger partial charge < -0.3 is 9.80 Å². The maximum Gasteiger partial charge on any atom is 0.252 e. The van der Waals surface area contributed by atoms with Crippen molar-refractivity contribution in [2.24, 2.45) is 0 Å². The van der Waals surface area contributed by atoms with Gasteiger partial charge in [-0.2, -0.15) is 0 Å². The van der Waals surface area contributed by atoms with Crippen LogP contribution < -0.4 is 26.2 Å². The van der Waals surface area contributed by atoms with Crippen molar-refractivity contribution in [2.45, 2.75) is 61.3 Å². The van der Waals surface area contributed by atoms with Crippen LogP contribution in [-0.2, 0) is 0 Å². The molecule has 0 amide bonds. The highest BCUT2D eigenvalue weighted by Gasteiger charge is 2.45. The zero-order valence-corrected chi connectivity index (χ0v) is 36.2. The van der Waals surface area contributed by atoms with E-state index in [0.717, 1.165) is 28.1 Å². The van der Waals surface area contributed by atoms with E-state index in [1.165, 1.54) is 100 Å². The van der Waals surface area contributed by atoms with E-state index in [0.29, 0.717) is 5.92 Å². The first-order valence-electron chi connectivity index (χ1n) is 21.5. The molecule has 0 radical (unpaired) electrons. The van der Waals surface area contributed by atoms with Crippen LogP contribution in [0.2, 0.25) is 0 Å². The van der Waals surface area contributed by atoms with Crippen LogP contribution in [-0.4, -0.2) is 21.2 Å². The molecule has 0 aliphatic carbocycles. The van der Waals surface area contributed by atoms with Gasteiger partial charge in [-0.15, -0.1) is 0 Å². The summed E-state index contributed by atoms with van der Waals surface area (Å²) in [4.78, 5) is 15.0. The van der Waals surface area contributed by atoms with Gasteiger partial charge in [0.2, 0.25) is 0 Å². The van der Waals surface area contributed by atoms with Crippen LogP contribution in [0.15, 0.2) is 140 Å². The Bertz CT molecular complexity index is 3210. The molecule has 0 atom stereocenters. The van der Waals surface area contributed by atoms with Crippen LogP contribution in [0.5, 0.6) is 0 Å². The van der Waals surface area contributed by atoms with E-state index >= 15 is 0 Å². The lowest BCUT2D eigenvalue weighted by Crippen LogP contribution is -2.61. The van der Waals surface area contributed by atoms with Gasteiger partial charge in [0.05, 0.1) is 28.1 Å². The minimum absolute atomic E-state index is 0.0795. The Hall–Kier alpha value is -6.92. The fourth-order valence-electron chi connectivity index (χ4n) is 10.8. The van der Waals surface area contributed by atoms with Gasteiger partial charge in [-0.25, -0.2) is 4.98 Å². The molecule has 0 saturated carbocycles. The molecule has 9 aromatic rings. The Morgan fingerprint density at radius 3 is 1.69 bits per heavy atom. The molecule has 0 bridgehead atoms. The smallest absolute Gasteiger partial charge is 0.252 e. The molecule has 0 spiro atoms. The molecule has 3 aromatic heterocycles. The minimum Gasteiger partial charge on any atom is -0.311 e. The van der Waals surface area contributed by atoms with E-state index in [9.17, 15) is 0 Å². The van der Waals surface area contributed by atoms with Crippen LogP contribution in [0.3, 0.4) is 0 Å². The molecule has 2 aliphatic heterocycles. The van der Waals surface area contributed by atoms with E-state index in [1.807, 2.05) is 24.5 Å². The van der Waals surface area contributed by atoms with Crippen LogP contribution in [0, 0.1) is 41.5 Å². The van der Waals surface area contributed by atoms with Crippen LogP contribution >= 0.6 is 0 Å². The average Bonchev–Trinajstić information content (AvgIpc) is 3.57. The van der Waals surface area contributed by atoms with E-state index in [-0.39, 0.29) is 6.71 Å². The first kappa shape index (κ1) is 37.1. The quantitative estimate of drug-likeness (QED) is 0.163. The van der Waals surface area contributed by atoms with E-state index in [1.54, 1.807) is 0 Å². The topological polar surface area (TPSA) is 37.2 Å². The molecule has 2 aliphatic rings. The predicted molar refractivity (Wildman–Crippen MR) is 258 cm³/mol. The van der Waals surface area contributed by atoms with Crippen molar-refractivity contribution < 1.29 is 0 Å². The zero-order chi connectivity index (χ0) is 41.8. The monoisotopic (exact) mass is 789 g/mol. The third kappa shape index (κ3) is 5.61. The summed E-state index contributed by atoms with van der Waals surface area (Å²) in [6, 6.07) is 47.6. The number of hydrogen-bond acceptors (Lipinski definition) is 4. The summed E-state index contributed by atoms with van der Waals surface area (Å²) in [5.41, 5.74) is 24.5. The Labute approximate surface area is 359 Å². The lowest BCUT2D eigenvalue weighted by atomic mass is 9.33. The van der Waals surface area contributed by atoms with Crippen molar-refractivity contribution in [1.82, 2.24) is 14.5 Å². The van der Waals surface area contributed by atoms with Crippen molar-refractivity contribution >= 4 is 79.0 Å². The molecule has 0 saturated heterocycles. The molecule has 6 aromatic carbocycles. The lowest BCUT2D eigenvalue weighted by molar-refractivity contribution is 0.866. The molecular weight excluding hydrogens is 741 g/mol. The van der Waals surface area contributed by atoms with E-state index < -0.39 is 0 Å². The number of fused-ring (bicyclic) bond motifs is 7. The van der Waals surface area contributed by atoms with E-state index in [4.69, 9.17) is 9.97 Å². The summed E-state index contributed by atoms with van der Waals surface area (Å²) in [5, 5.41) is 2.42. The number of nitrogens with zero attached hydrogens (tertiary/aromatic N) is 5. The summed E-state index contributed by atoms with van der Waals surface area (Å²) in [6.45, 7) is 18.1. The van der Waals surface area contributed by atoms with Gasteiger partial charge in [-0.05, 0) is 158 Å². The Balaban J connectivity index is 1.33. The molecule has 5 nitrogen and oxygen atoms in total. The molecule has 0 unspecified atom stereocenters. The third-order valence-corrected chi connectivity index (χ3v) is 13.1. The maximum atomic E-state index is 4.94. The fourth-order valence-corrected chi connectivity index (χ4v) is 10.8. The number of pyridine rings is 2. The number of aryl methyl sites for hydroxylation is 6. The van der Waals surface area contributed by atoms with Crippen LogP contribution in [0.1, 0.15) is 58.7 Å². The van der Waals surface area contributed by atoms with Gasteiger partial charge >= 0.3 is 0 Å². The largest absolute Gasteiger partial charge is 0.311 e. The first-order valence-corrected chi connectivity index (χ1v) is 21.5. The van der Waals surface area contributed by atoms with Gasteiger partial charge in [0.15, 0.2) is 0 Å². The van der Waals surface area contributed by atoms with Crippen molar-refractivity contribution in [3.63, 3.8) is 0 Å². The SMILES string of the molecule is Cc1cc(C)c(N2c3ccc(-c4ccccn4)cc3B3c4cc5c(cc4N(c4c(C)cc(C)cc4C)c4cc(C(C)C)cc2c43)c2ccccc2n5-c2ccccn2)c(C)c1. The number of aromatic nitrogens is 3. The highest BCUT2D eigenvalue weighted by Crippen LogP contribution is 2.49. The Kier molecular flexibility index (Phi) is 8.41. The van der Waals surface area contributed by atoms with Crippen LogP contribution in [0.4, 0.5) is 34.1 Å². The molecule has 11 rings (SSSR count). The molecule has 0 fully saturated rings. The number of anilines is 6. The first-order chi connectivity index (χ1) is 29.6. The second-order valence-electron chi connectivity index (χ2n) is 17.7. The zero-order valence-electron chi connectivity index (χ0n) is 36.2. The average molecular weight is 790 g/mol. The highest BCUT2D eigenvalue weighted by molar-refractivity contribution is 7.00. The normalized spacial score (nSPS) is 13.0. The van der Waals surface area contributed by atoms with Crippen molar-refractivity contribution in [2.75, 3.05) is 9.80 Å². The molecular formula is C55H48BN5. The predicted octanol–water partition coefficient (Wildman–Crippen LogP) is 12.3. The van der Waals surface area contributed by atoms with Crippen molar-refractivity contribution in [3.8, 4) is 17.1 Å². The van der Waals surface area contributed by atoms with Crippen LogP contribution in [0.25, 0.3) is 38.9 Å². The lowest BCUT2D eigenvalue weighted by Gasteiger charge is -2.46. The summed E-state index contributed by atoms with van der Waals surface area (Å²) in [7, 11) is 0. The number of para-hydroxylation sites is 1. The molecule has 61 heavy (non-hydrogen) atoms. The maximum absolute atomic E-state index is 4.94. The molecule has 5 heterocycles. The molecule has 296 valence electrons. The summed E-state index contributed by atoms with van der Waals surface area (Å²) in [6.07, 6.45) is 3.79. The summed E-state index contributed by atoms with van der Waals surface area (Å²) in [5.74, 6) is 1.21. The summed E-state index contributed by atoms with van der Waals surface area (Å²) < 4.78 is 2.36. The number of benzene rings is 6. The van der Waals surface area contributed by atoms with Crippen molar-refractivity contribution in [3.05, 3.63) is 179 Å². The molecule has 0 N–H and O–H groups in total. The standard InChI is InChI=1S/C55H48BN5/c1-32(2)40-28-50-53-51(29-40)61(55-37(7)25-34(4)26-38(55)8)49-30-42-41-15-9-10-17-46(41)59(52-18-12-14-22-58-52)48(42)31-44(49)56(53)43-27-39(45-16-11-13-21-57-45)19-20-47(43)60(50)54-35(5)23-33(3)24-36(54)6/h9-32H,1-8H3. The van der Waals surface area contributed by atoms with Gasteiger partial charge in [-0.3, -0.25) is 9.55 Å². The number of rotatable bonds is 5. The number of hydrogen-bond donors (Lipinski definition) is 0. The fraction of sp³-hybridized carbons (Fsp3) is 0.164. The minimum atomic E-state index is -0.0795. The Morgan fingerprint density at radius 2 is 1.08 bits per heavy atom. The third-order valence-electron chi connectivity index (χ3n) is 13.1.